The molecule has 1 aliphatic rings. The van der Waals surface area contributed by atoms with Crippen molar-refractivity contribution in [2.24, 2.45) is 0 Å². The van der Waals surface area contributed by atoms with Gasteiger partial charge in [-0.25, -0.2) is 17.2 Å². The molecule has 0 N–H and O–H groups in total. The number of amides is 1. The number of halogens is 2. The normalized spacial score (nSPS) is 17.0. The third kappa shape index (κ3) is 3.97. The summed E-state index contributed by atoms with van der Waals surface area (Å²) in [6.07, 6.45) is 0.914. The van der Waals surface area contributed by atoms with Crippen molar-refractivity contribution in [1.82, 2.24) is 4.90 Å². The first-order valence-electron chi connectivity index (χ1n) is 7.03. The summed E-state index contributed by atoms with van der Waals surface area (Å²) in [5.74, 6) is -2.68. The molecular weight excluding hydrogens is 330 g/mol. The van der Waals surface area contributed by atoms with E-state index in [0.29, 0.717) is 26.3 Å². The largest absolute Gasteiger partial charge is 0.378 e. The van der Waals surface area contributed by atoms with Crippen molar-refractivity contribution in [3.05, 3.63) is 29.8 Å². The Morgan fingerprint density at radius 2 is 1.87 bits per heavy atom. The SMILES string of the molecule is C[C@H](C(=O)N1CCOCC1)N(c1ccc(F)c(F)c1)S(C)(=O)=O. The number of ether oxygens (including phenoxy) is 1. The Morgan fingerprint density at radius 3 is 2.39 bits per heavy atom. The number of anilines is 1. The molecule has 0 unspecified atom stereocenters. The van der Waals surface area contributed by atoms with E-state index >= 15 is 0 Å². The molecule has 1 saturated heterocycles. The fourth-order valence-electron chi connectivity index (χ4n) is 2.47. The van der Waals surface area contributed by atoms with E-state index in [1.807, 2.05) is 0 Å². The van der Waals surface area contributed by atoms with Gasteiger partial charge in [-0.2, -0.15) is 0 Å². The van der Waals surface area contributed by atoms with Crippen LogP contribution in [0.15, 0.2) is 18.2 Å². The van der Waals surface area contributed by atoms with Crippen molar-refractivity contribution < 1.29 is 26.7 Å². The minimum atomic E-state index is -3.87. The van der Waals surface area contributed by atoms with Gasteiger partial charge in [0.1, 0.15) is 6.04 Å². The molecule has 1 atom stereocenters. The van der Waals surface area contributed by atoms with E-state index in [2.05, 4.69) is 0 Å². The number of hydrogen-bond acceptors (Lipinski definition) is 4. The lowest BCUT2D eigenvalue weighted by molar-refractivity contribution is -0.136. The minimum absolute atomic E-state index is 0.0968. The maximum atomic E-state index is 13.4. The van der Waals surface area contributed by atoms with Gasteiger partial charge in [0, 0.05) is 19.2 Å². The number of morpholine rings is 1. The van der Waals surface area contributed by atoms with Crippen molar-refractivity contribution in [3.8, 4) is 0 Å². The standard InChI is InChI=1S/C14H18F2N2O4S/c1-10(14(19)17-5-7-22-8-6-17)18(23(2,20)21)11-3-4-12(15)13(16)9-11/h3-4,9-10H,5-8H2,1-2H3/t10-/m1/s1. The van der Waals surface area contributed by atoms with E-state index in [1.54, 1.807) is 0 Å². The van der Waals surface area contributed by atoms with Crippen molar-refractivity contribution in [2.75, 3.05) is 36.9 Å². The van der Waals surface area contributed by atoms with E-state index in [0.717, 1.165) is 28.8 Å². The highest BCUT2D eigenvalue weighted by molar-refractivity contribution is 7.92. The number of rotatable bonds is 4. The Kier molecular flexibility index (Phi) is 5.20. The number of hydrogen-bond donors (Lipinski definition) is 0. The summed E-state index contributed by atoms with van der Waals surface area (Å²) >= 11 is 0. The van der Waals surface area contributed by atoms with Crippen LogP contribution < -0.4 is 4.31 Å². The van der Waals surface area contributed by atoms with Crippen molar-refractivity contribution >= 4 is 21.6 Å². The summed E-state index contributed by atoms with van der Waals surface area (Å²) in [4.78, 5) is 14.0. The predicted molar refractivity (Wildman–Crippen MR) is 80.5 cm³/mol. The van der Waals surface area contributed by atoms with Crippen LogP contribution in [0.3, 0.4) is 0 Å². The molecule has 0 bridgehead atoms. The monoisotopic (exact) mass is 348 g/mol. The van der Waals surface area contributed by atoms with Crippen LogP contribution in [-0.4, -0.2) is 57.8 Å². The van der Waals surface area contributed by atoms with Gasteiger partial charge >= 0.3 is 0 Å². The molecule has 0 aliphatic carbocycles. The predicted octanol–water partition coefficient (Wildman–Crippen LogP) is 0.978. The smallest absolute Gasteiger partial charge is 0.246 e. The Balaban J connectivity index is 2.34. The van der Waals surface area contributed by atoms with Crippen molar-refractivity contribution in [3.63, 3.8) is 0 Å². The summed E-state index contributed by atoms with van der Waals surface area (Å²) in [6, 6.07) is 1.64. The second-order valence-electron chi connectivity index (χ2n) is 5.27. The molecule has 2 rings (SSSR count). The topological polar surface area (TPSA) is 66.9 Å². The van der Waals surface area contributed by atoms with Crippen LogP contribution in [0.4, 0.5) is 14.5 Å². The molecule has 23 heavy (non-hydrogen) atoms. The van der Waals surface area contributed by atoms with E-state index in [9.17, 15) is 22.0 Å². The molecule has 0 saturated carbocycles. The summed E-state index contributed by atoms with van der Waals surface area (Å²) < 4.78 is 56.6. The van der Waals surface area contributed by atoms with Gasteiger partial charge in [-0.05, 0) is 19.1 Å². The number of nitrogens with zero attached hydrogens (tertiary/aromatic N) is 2. The third-order valence-corrected chi connectivity index (χ3v) is 4.79. The zero-order chi connectivity index (χ0) is 17.2. The van der Waals surface area contributed by atoms with E-state index in [1.165, 1.54) is 11.8 Å². The van der Waals surface area contributed by atoms with Gasteiger partial charge in [0.05, 0.1) is 25.2 Å². The highest BCUT2D eigenvalue weighted by atomic mass is 32.2. The molecule has 1 heterocycles. The molecule has 0 aromatic heterocycles. The highest BCUT2D eigenvalue weighted by Gasteiger charge is 2.33. The highest BCUT2D eigenvalue weighted by Crippen LogP contribution is 2.24. The minimum Gasteiger partial charge on any atom is -0.378 e. The third-order valence-electron chi connectivity index (χ3n) is 3.55. The fourth-order valence-corrected chi connectivity index (χ4v) is 3.63. The number of carbonyl (C=O) groups excluding carboxylic acids is 1. The Bertz CT molecular complexity index is 690. The van der Waals surface area contributed by atoms with Crippen LogP contribution in [0, 0.1) is 11.6 Å². The van der Waals surface area contributed by atoms with Gasteiger partial charge in [0.25, 0.3) is 0 Å². The first-order chi connectivity index (χ1) is 10.7. The van der Waals surface area contributed by atoms with Crippen LogP contribution in [0.1, 0.15) is 6.92 Å². The van der Waals surface area contributed by atoms with Gasteiger partial charge in [0.15, 0.2) is 11.6 Å². The molecule has 0 radical (unpaired) electrons. The van der Waals surface area contributed by atoms with Gasteiger partial charge in [-0.15, -0.1) is 0 Å². The quantitative estimate of drug-likeness (QED) is 0.813. The maximum Gasteiger partial charge on any atom is 0.246 e. The Hall–Kier alpha value is -1.74. The average molecular weight is 348 g/mol. The first-order valence-corrected chi connectivity index (χ1v) is 8.87. The summed E-state index contributed by atoms with van der Waals surface area (Å²) in [6.45, 7) is 2.89. The zero-order valence-electron chi connectivity index (χ0n) is 12.8. The lowest BCUT2D eigenvalue weighted by Crippen LogP contribution is -2.52. The first kappa shape index (κ1) is 17.6. The molecule has 0 spiro atoms. The molecule has 1 aliphatic heterocycles. The molecule has 1 fully saturated rings. The summed E-state index contributed by atoms with van der Waals surface area (Å²) in [7, 11) is -3.87. The van der Waals surface area contributed by atoms with E-state index in [4.69, 9.17) is 4.74 Å². The van der Waals surface area contributed by atoms with Crippen molar-refractivity contribution in [1.29, 1.82) is 0 Å². The van der Waals surface area contributed by atoms with Crippen LogP contribution in [0.5, 0.6) is 0 Å². The second kappa shape index (κ2) is 6.79. The Labute approximate surface area is 133 Å². The van der Waals surface area contributed by atoms with Crippen LogP contribution in [-0.2, 0) is 19.6 Å². The molecule has 128 valence electrons. The number of carbonyl (C=O) groups is 1. The average Bonchev–Trinajstić information content (AvgIpc) is 2.49. The van der Waals surface area contributed by atoms with E-state index in [-0.39, 0.29) is 5.69 Å². The maximum absolute atomic E-state index is 13.4. The molecule has 1 aromatic rings. The van der Waals surface area contributed by atoms with Gasteiger partial charge in [-0.1, -0.05) is 0 Å². The number of benzene rings is 1. The molecule has 1 amide bonds. The lowest BCUT2D eigenvalue weighted by Gasteiger charge is -2.34. The van der Waals surface area contributed by atoms with E-state index < -0.39 is 33.6 Å². The Morgan fingerprint density at radius 1 is 1.26 bits per heavy atom. The fraction of sp³-hybridized carbons (Fsp3) is 0.500. The van der Waals surface area contributed by atoms with Crippen LogP contribution >= 0.6 is 0 Å². The van der Waals surface area contributed by atoms with Crippen LogP contribution in [0.25, 0.3) is 0 Å². The second-order valence-corrected chi connectivity index (χ2v) is 7.13. The molecular formula is C14H18F2N2O4S. The summed E-state index contributed by atoms with van der Waals surface area (Å²) in [5.41, 5.74) is -0.0968. The van der Waals surface area contributed by atoms with Gasteiger partial charge in [0.2, 0.25) is 15.9 Å². The van der Waals surface area contributed by atoms with Crippen molar-refractivity contribution in [2.45, 2.75) is 13.0 Å². The molecule has 9 heteroatoms. The summed E-state index contributed by atoms with van der Waals surface area (Å²) in [5, 5.41) is 0. The van der Waals surface area contributed by atoms with Gasteiger partial charge in [-0.3, -0.25) is 9.10 Å². The molecule has 1 aromatic carbocycles. The zero-order valence-corrected chi connectivity index (χ0v) is 13.6. The van der Waals surface area contributed by atoms with Crippen LogP contribution in [0.2, 0.25) is 0 Å². The lowest BCUT2D eigenvalue weighted by atomic mass is 10.2. The number of sulfonamides is 1. The van der Waals surface area contributed by atoms with Gasteiger partial charge < -0.3 is 9.64 Å². The molecule has 6 nitrogen and oxygen atoms in total.